The maximum Gasteiger partial charge on any atom is 0.266 e. The molecule has 152 valence electrons. The van der Waals surface area contributed by atoms with Crippen molar-refractivity contribution >= 4 is 34.6 Å². The molecule has 1 heterocycles. The van der Waals surface area contributed by atoms with Crippen LogP contribution in [-0.2, 0) is 4.79 Å². The highest BCUT2D eigenvalue weighted by atomic mass is 32.2. The largest absolute Gasteiger partial charge is 0.507 e. The molecular weight excluding hydrogens is 380 g/mol. The number of aryl methyl sites for hydroxylation is 1. The summed E-state index contributed by atoms with van der Waals surface area (Å²) < 4.78 is 0. The number of aliphatic imine (C=N–C) groups is 1. The van der Waals surface area contributed by atoms with Gasteiger partial charge in [-0.15, -0.1) is 0 Å². The van der Waals surface area contributed by atoms with E-state index in [1.165, 1.54) is 17.3 Å². The zero-order valence-corrected chi connectivity index (χ0v) is 18.7. The quantitative estimate of drug-likeness (QED) is 0.615. The fourth-order valence-corrected chi connectivity index (χ4v) is 4.19. The zero-order chi connectivity index (χ0) is 21.3. The molecular formula is C24H28N2O2S. The molecule has 0 aromatic heterocycles. The fourth-order valence-electron chi connectivity index (χ4n) is 3.20. The number of amidine groups is 1. The first kappa shape index (κ1) is 21.2. The summed E-state index contributed by atoms with van der Waals surface area (Å²) in [6.07, 6.45) is 1.90. The molecule has 4 nitrogen and oxygen atoms in total. The van der Waals surface area contributed by atoms with Crippen LogP contribution >= 0.6 is 11.8 Å². The molecule has 1 aliphatic heterocycles. The summed E-state index contributed by atoms with van der Waals surface area (Å²) in [4.78, 5) is 19.6. The van der Waals surface area contributed by atoms with Gasteiger partial charge in [-0.2, -0.15) is 0 Å². The van der Waals surface area contributed by atoms with Gasteiger partial charge in [0.25, 0.3) is 5.91 Å². The van der Waals surface area contributed by atoms with Gasteiger partial charge in [-0.05, 0) is 77.6 Å². The molecule has 0 radical (unpaired) electrons. The zero-order valence-electron chi connectivity index (χ0n) is 17.9. The molecule has 0 saturated carbocycles. The second kappa shape index (κ2) is 8.46. The van der Waals surface area contributed by atoms with Crippen LogP contribution in [0.5, 0.6) is 5.75 Å². The maximum atomic E-state index is 12.8. The Bertz CT molecular complexity index is 959. The average molecular weight is 409 g/mol. The summed E-state index contributed by atoms with van der Waals surface area (Å²) in [5.41, 5.74) is 4.73. The Morgan fingerprint density at radius 3 is 2.10 bits per heavy atom. The first-order valence-electron chi connectivity index (χ1n) is 9.87. The average Bonchev–Trinajstić information content (AvgIpc) is 2.92. The molecule has 1 saturated heterocycles. The van der Waals surface area contributed by atoms with E-state index in [2.05, 4.69) is 32.7 Å². The van der Waals surface area contributed by atoms with Crippen LogP contribution in [0.2, 0.25) is 0 Å². The lowest BCUT2D eigenvalue weighted by molar-refractivity contribution is -0.121. The number of thioether (sulfide) groups is 1. The van der Waals surface area contributed by atoms with Crippen molar-refractivity contribution in [2.45, 2.75) is 46.5 Å². The minimum atomic E-state index is -0.0638. The standard InChI is InChI=1S/C24H28N2O2S/c1-14(2)19-11-17(12-20(15(3)4)22(19)27)13-21-23(28)26(6)24(29-21)25-18-9-7-16(5)8-10-18/h7-15,27H,1-6H3/b21-13-,25-24?. The minimum absolute atomic E-state index is 0.0638. The van der Waals surface area contributed by atoms with Gasteiger partial charge < -0.3 is 5.11 Å². The molecule has 0 unspecified atom stereocenters. The molecule has 1 amide bonds. The number of hydrogen-bond acceptors (Lipinski definition) is 4. The summed E-state index contributed by atoms with van der Waals surface area (Å²) in [5, 5.41) is 11.3. The second-order valence-electron chi connectivity index (χ2n) is 8.06. The first-order valence-corrected chi connectivity index (χ1v) is 10.7. The predicted molar refractivity (Wildman–Crippen MR) is 123 cm³/mol. The van der Waals surface area contributed by atoms with Crippen molar-refractivity contribution < 1.29 is 9.90 Å². The lowest BCUT2D eigenvalue weighted by Crippen LogP contribution is -2.23. The molecule has 0 spiro atoms. The normalized spacial score (nSPS) is 17.4. The van der Waals surface area contributed by atoms with Crippen molar-refractivity contribution in [3.8, 4) is 5.75 Å². The highest BCUT2D eigenvalue weighted by Gasteiger charge is 2.30. The summed E-state index contributed by atoms with van der Waals surface area (Å²) in [5.74, 6) is 0.686. The van der Waals surface area contributed by atoms with Gasteiger partial charge in [0, 0.05) is 7.05 Å². The van der Waals surface area contributed by atoms with Gasteiger partial charge >= 0.3 is 0 Å². The van der Waals surface area contributed by atoms with Gasteiger partial charge in [-0.25, -0.2) is 4.99 Å². The fraction of sp³-hybridized carbons (Fsp3) is 0.333. The van der Waals surface area contributed by atoms with Gasteiger partial charge in [0.05, 0.1) is 10.6 Å². The van der Waals surface area contributed by atoms with Crippen LogP contribution < -0.4 is 0 Å². The molecule has 2 aromatic carbocycles. The van der Waals surface area contributed by atoms with Crippen LogP contribution in [0.15, 0.2) is 46.3 Å². The van der Waals surface area contributed by atoms with Crippen molar-refractivity contribution in [2.24, 2.45) is 4.99 Å². The number of phenolic OH excluding ortho intramolecular Hbond substituents is 1. The Balaban J connectivity index is 1.98. The van der Waals surface area contributed by atoms with Crippen molar-refractivity contribution in [1.82, 2.24) is 4.90 Å². The smallest absolute Gasteiger partial charge is 0.266 e. The molecule has 2 aromatic rings. The summed E-state index contributed by atoms with van der Waals surface area (Å²) in [6.45, 7) is 10.3. The minimum Gasteiger partial charge on any atom is -0.507 e. The summed E-state index contributed by atoms with van der Waals surface area (Å²) in [7, 11) is 1.75. The Morgan fingerprint density at radius 2 is 1.59 bits per heavy atom. The van der Waals surface area contributed by atoms with Gasteiger partial charge in [-0.3, -0.25) is 9.69 Å². The third kappa shape index (κ3) is 4.56. The Morgan fingerprint density at radius 1 is 1.03 bits per heavy atom. The third-order valence-electron chi connectivity index (χ3n) is 5.00. The van der Waals surface area contributed by atoms with Gasteiger partial charge in [-0.1, -0.05) is 45.4 Å². The van der Waals surface area contributed by atoms with E-state index in [-0.39, 0.29) is 17.7 Å². The molecule has 1 fully saturated rings. The van der Waals surface area contributed by atoms with Crippen molar-refractivity contribution in [1.29, 1.82) is 0 Å². The van der Waals surface area contributed by atoms with E-state index in [9.17, 15) is 9.90 Å². The number of likely N-dealkylation sites (N-methyl/N-ethyl adjacent to an activating group) is 1. The Hall–Kier alpha value is -2.53. The number of hydrogen-bond donors (Lipinski definition) is 1. The van der Waals surface area contributed by atoms with Crippen molar-refractivity contribution in [3.63, 3.8) is 0 Å². The van der Waals surface area contributed by atoms with Crippen molar-refractivity contribution in [3.05, 3.63) is 63.6 Å². The predicted octanol–water partition coefficient (Wildman–Crippen LogP) is 6.18. The maximum absolute atomic E-state index is 12.8. The van der Waals surface area contributed by atoms with E-state index in [0.29, 0.717) is 15.8 Å². The number of nitrogens with zero attached hydrogens (tertiary/aromatic N) is 2. The lowest BCUT2D eigenvalue weighted by Gasteiger charge is -2.16. The number of carbonyl (C=O) groups is 1. The highest BCUT2D eigenvalue weighted by molar-refractivity contribution is 8.18. The number of aromatic hydroxyl groups is 1. The number of carbonyl (C=O) groups excluding carboxylic acids is 1. The van der Waals surface area contributed by atoms with E-state index in [1.54, 1.807) is 11.9 Å². The SMILES string of the molecule is Cc1ccc(N=C2S/C(=C\c3cc(C(C)C)c(O)c(C(C)C)c3)C(=O)N2C)cc1. The lowest BCUT2D eigenvalue weighted by atomic mass is 9.91. The third-order valence-corrected chi connectivity index (χ3v) is 6.06. The molecule has 1 aliphatic rings. The monoisotopic (exact) mass is 408 g/mol. The number of phenols is 1. The number of benzene rings is 2. The van der Waals surface area contributed by atoms with Crippen LogP contribution in [0.1, 0.15) is 61.8 Å². The van der Waals surface area contributed by atoms with Crippen LogP contribution in [0, 0.1) is 6.92 Å². The second-order valence-corrected chi connectivity index (χ2v) is 9.07. The van der Waals surface area contributed by atoms with Gasteiger partial charge in [0.2, 0.25) is 0 Å². The van der Waals surface area contributed by atoms with Crippen molar-refractivity contribution in [2.75, 3.05) is 7.05 Å². The molecule has 0 atom stereocenters. The highest BCUT2D eigenvalue weighted by Crippen LogP contribution is 2.38. The number of amides is 1. The molecule has 29 heavy (non-hydrogen) atoms. The molecule has 3 rings (SSSR count). The Labute approximate surface area is 177 Å². The molecule has 0 aliphatic carbocycles. The number of rotatable bonds is 4. The Kier molecular flexibility index (Phi) is 6.18. The van der Waals surface area contributed by atoms with E-state index < -0.39 is 0 Å². The summed E-state index contributed by atoms with van der Waals surface area (Å²) >= 11 is 1.38. The van der Waals surface area contributed by atoms with E-state index in [0.717, 1.165) is 22.4 Å². The molecule has 0 bridgehead atoms. The first-order chi connectivity index (χ1) is 13.7. The van der Waals surface area contributed by atoms with Crippen LogP contribution in [-0.4, -0.2) is 28.1 Å². The van der Waals surface area contributed by atoms with Crippen LogP contribution in [0.3, 0.4) is 0 Å². The molecule has 5 heteroatoms. The van der Waals surface area contributed by atoms with E-state index in [1.807, 2.05) is 49.4 Å². The van der Waals surface area contributed by atoms with E-state index in [4.69, 9.17) is 0 Å². The van der Waals surface area contributed by atoms with E-state index >= 15 is 0 Å². The van der Waals surface area contributed by atoms with Crippen LogP contribution in [0.4, 0.5) is 5.69 Å². The van der Waals surface area contributed by atoms with Crippen LogP contribution in [0.25, 0.3) is 6.08 Å². The van der Waals surface area contributed by atoms with Gasteiger partial charge in [0.15, 0.2) is 5.17 Å². The topological polar surface area (TPSA) is 52.9 Å². The van der Waals surface area contributed by atoms with Gasteiger partial charge in [0.1, 0.15) is 5.75 Å². The molecule has 1 N–H and O–H groups in total. The summed E-state index contributed by atoms with van der Waals surface area (Å²) in [6, 6.07) is 11.9.